The predicted molar refractivity (Wildman–Crippen MR) is 66.6 cm³/mol. The van der Waals surface area contributed by atoms with Crippen molar-refractivity contribution >= 4 is 0 Å². The van der Waals surface area contributed by atoms with E-state index in [4.69, 9.17) is 23.4 Å². The third-order valence-electron chi connectivity index (χ3n) is 3.69. The monoisotopic (exact) mass is 286 g/mol. The molecule has 0 aliphatic carbocycles. The lowest BCUT2D eigenvalue weighted by Gasteiger charge is -2.25. The highest BCUT2D eigenvalue weighted by Crippen LogP contribution is 2.40. The summed E-state index contributed by atoms with van der Waals surface area (Å²) in [5, 5.41) is 0. The molecule has 1 unspecified atom stereocenters. The van der Waals surface area contributed by atoms with Gasteiger partial charge in [0.1, 0.15) is 18.9 Å². The fourth-order valence-corrected chi connectivity index (χ4v) is 2.63. The van der Waals surface area contributed by atoms with Gasteiger partial charge in [-0.05, 0) is 19.4 Å². The molecular weight excluding hydrogens is 267 g/mol. The quantitative estimate of drug-likeness (QED) is 0.832. The minimum atomic E-state index is -1.23. The van der Waals surface area contributed by atoms with Crippen LogP contribution in [0.5, 0.6) is 0 Å². The molecule has 1 aromatic heterocycles. The van der Waals surface area contributed by atoms with Gasteiger partial charge in [0.2, 0.25) is 0 Å². The number of alkyl halides is 1. The van der Waals surface area contributed by atoms with E-state index in [0.29, 0.717) is 6.61 Å². The van der Waals surface area contributed by atoms with Gasteiger partial charge in [0, 0.05) is 5.56 Å². The molecule has 112 valence electrons. The summed E-state index contributed by atoms with van der Waals surface area (Å²) >= 11 is 0. The van der Waals surface area contributed by atoms with Crippen molar-refractivity contribution in [1.82, 2.24) is 0 Å². The second kappa shape index (κ2) is 5.44. The fraction of sp³-hybridized carbons (Fsp3) is 0.714. The van der Waals surface area contributed by atoms with Crippen molar-refractivity contribution in [1.29, 1.82) is 0 Å². The van der Waals surface area contributed by atoms with Gasteiger partial charge in [-0.15, -0.1) is 0 Å². The summed E-state index contributed by atoms with van der Waals surface area (Å²) in [4.78, 5) is 0. The van der Waals surface area contributed by atoms with Crippen LogP contribution in [0.2, 0.25) is 0 Å². The summed E-state index contributed by atoms with van der Waals surface area (Å²) < 4.78 is 40.8. The van der Waals surface area contributed by atoms with Crippen LogP contribution in [-0.2, 0) is 25.6 Å². The number of hydrogen-bond acceptors (Lipinski definition) is 5. The largest absolute Gasteiger partial charge is 0.472 e. The molecule has 0 aromatic carbocycles. The number of furan rings is 1. The first-order chi connectivity index (χ1) is 9.65. The lowest BCUT2D eigenvalue weighted by atomic mass is 10.1. The first-order valence-corrected chi connectivity index (χ1v) is 6.85. The van der Waals surface area contributed by atoms with E-state index in [-0.39, 0.29) is 12.2 Å². The zero-order valence-corrected chi connectivity index (χ0v) is 11.6. The molecule has 0 saturated carbocycles. The number of fused-ring (bicyclic) bond motifs is 1. The molecule has 0 bridgehead atoms. The Labute approximate surface area is 116 Å². The highest BCUT2D eigenvalue weighted by Gasteiger charge is 2.56. The average molecular weight is 286 g/mol. The summed E-state index contributed by atoms with van der Waals surface area (Å²) in [6.45, 7) is 3.27. The van der Waals surface area contributed by atoms with Crippen molar-refractivity contribution in [2.45, 2.75) is 57.3 Å². The van der Waals surface area contributed by atoms with Crippen LogP contribution < -0.4 is 0 Å². The molecule has 20 heavy (non-hydrogen) atoms. The Morgan fingerprint density at radius 1 is 1.40 bits per heavy atom. The standard InChI is InChI=1S/C14H19FO5/c1-3-10-11(17-7-9-4-5-16-6-9)12-13(18-10)20-14(2,8-15)19-12/h4-6,10-13H,3,7-8H2,1-2H3/t10-,11+,12-,13-,14?/m1/s1. The molecule has 2 aliphatic heterocycles. The van der Waals surface area contributed by atoms with Gasteiger partial charge < -0.3 is 23.4 Å². The average Bonchev–Trinajstić information content (AvgIpc) is 3.11. The minimum absolute atomic E-state index is 0.110. The van der Waals surface area contributed by atoms with E-state index >= 15 is 0 Å². The number of rotatable bonds is 5. The second-order valence-electron chi connectivity index (χ2n) is 5.33. The summed E-state index contributed by atoms with van der Waals surface area (Å²) in [5.41, 5.74) is 0.940. The lowest BCUT2D eigenvalue weighted by Crippen LogP contribution is -2.38. The van der Waals surface area contributed by atoms with E-state index in [2.05, 4.69) is 0 Å². The van der Waals surface area contributed by atoms with E-state index < -0.39 is 24.9 Å². The van der Waals surface area contributed by atoms with E-state index in [1.807, 2.05) is 13.0 Å². The van der Waals surface area contributed by atoms with Crippen molar-refractivity contribution in [3.63, 3.8) is 0 Å². The zero-order chi connectivity index (χ0) is 14.2. The van der Waals surface area contributed by atoms with Crippen LogP contribution in [0.25, 0.3) is 0 Å². The molecule has 6 heteroatoms. The minimum Gasteiger partial charge on any atom is -0.472 e. The van der Waals surface area contributed by atoms with Crippen molar-refractivity contribution in [2.75, 3.05) is 6.67 Å². The van der Waals surface area contributed by atoms with Crippen LogP contribution in [0, 0.1) is 0 Å². The van der Waals surface area contributed by atoms with E-state index in [0.717, 1.165) is 12.0 Å². The molecule has 1 aromatic rings. The summed E-state index contributed by atoms with van der Waals surface area (Å²) in [5.74, 6) is -1.23. The molecule has 2 saturated heterocycles. The van der Waals surface area contributed by atoms with Crippen molar-refractivity contribution < 1.29 is 27.8 Å². The number of ether oxygens (including phenoxy) is 4. The molecule has 0 spiro atoms. The summed E-state index contributed by atoms with van der Waals surface area (Å²) in [6, 6.07) is 1.84. The van der Waals surface area contributed by atoms with E-state index in [9.17, 15) is 4.39 Å². The van der Waals surface area contributed by atoms with Crippen LogP contribution in [0.3, 0.4) is 0 Å². The first kappa shape index (κ1) is 14.0. The SMILES string of the molecule is CC[C@H]1O[C@@H]2OC(C)(CF)O[C@@H]2[C@H]1OCc1ccoc1. The van der Waals surface area contributed by atoms with Crippen molar-refractivity contribution in [3.05, 3.63) is 24.2 Å². The molecule has 0 radical (unpaired) electrons. The van der Waals surface area contributed by atoms with Gasteiger partial charge in [-0.3, -0.25) is 0 Å². The van der Waals surface area contributed by atoms with Crippen molar-refractivity contribution in [2.24, 2.45) is 0 Å². The molecule has 2 fully saturated rings. The normalized spacial score (nSPS) is 40.1. The summed E-state index contributed by atoms with van der Waals surface area (Å²) in [6.07, 6.45) is 2.67. The first-order valence-electron chi connectivity index (χ1n) is 6.85. The van der Waals surface area contributed by atoms with Gasteiger partial charge in [0.15, 0.2) is 12.1 Å². The molecule has 0 amide bonds. The van der Waals surface area contributed by atoms with Crippen LogP contribution in [0.1, 0.15) is 25.8 Å². The lowest BCUT2D eigenvalue weighted by molar-refractivity contribution is -0.233. The predicted octanol–water partition coefficient (Wildman–Crippen LogP) is 2.40. The molecule has 3 rings (SSSR count). The number of hydrogen-bond donors (Lipinski definition) is 0. The van der Waals surface area contributed by atoms with E-state index in [1.165, 1.54) is 0 Å². The third kappa shape index (κ3) is 2.48. The topological polar surface area (TPSA) is 50.1 Å². The smallest absolute Gasteiger partial charge is 0.197 e. The van der Waals surface area contributed by atoms with Crippen LogP contribution in [-0.4, -0.2) is 37.1 Å². The van der Waals surface area contributed by atoms with Gasteiger partial charge in [0.05, 0.1) is 25.2 Å². The Balaban J connectivity index is 1.67. The number of halogens is 1. The summed E-state index contributed by atoms with van der Waals surface area (Å²) in [7, 11) is 0. The van der Waals surface area contributed by atoms with Gasteiger partial charge in [-0.2, -0.15) is 0 Å². The van der Waals surface area contributed by atoms with Crippen LogP contribution in [0.15, 0.2) is 23.0 Å². The molecule has 3 heterocycles. The van der Waals surface area contributed by atoms with Gasteiger partial charge in [-0.1, -0.05) is 6.92 Å². The third-order valence-corrected chi connectivity index (χ3v) is 3.69. The highest BCUT2D eigenvalue weighted by molar-refractivity contribution is 5.04. The molecule has 5 atom stereocenters. The van der Waals surface area contributed by atoms with E-state index in [1.54, 1.807) is 19.5 Å². The van der Waals surface area contributed by atoms with Crippen LogP contribution >= 0.6 is 0 Å². The maximum Gasteiger partial charge on any atom is 0.197 e. The van der Waals surface area contributed by atoms with Gasteiger partial charge in [0.25, 0.3) is 0 Å². The second-order valence-corrected chi connectivity index (χ2v) is 5.33. The van der Waals surface area contributed by atoms with Crippen molar-refractivity contribution in [3.8, 4) is 0 Å². The maximum absolute atomic E-state index is 12.9. The molecule has 0 N–H and O–H groups in total. The molecular formula is C14H19FO5. The molecule has 2 aliphatic rings. The zero-order valence-electron chi connectivity index (χ0n) is 11.6. The Bertz CT molecular complexity index is 437. The Morgan fingerprint density at radius 3 is 2.90 bits per heavy atom. The highest BCUT2D eigenvalue weighted by atomic mass is 19.1. The maximum atomic E-state index is 12.9. The molecule has 5 nitrogen and oxygen atoms in total. The Hall–Kier alpha value is -0.950. The van der Waals surface area contributed by atoms with Gasteiger partial charge in [-0.25, -0.2) is 4.39 Å². The fourth-order valence-electron chi connectivity index (χ4n) is 2.63. The van der Waals surface area contributed by atoms with Crippen LogP contribution in [0.4, 0.5) is 4.39 Å². The Kier molecular flexibility index (Phi) is 3.81. The van der Waals surface area contributed by atoms with Gasteiger partial charge >= 0.3 is 0 Å². The Morgan fingerprint density at radius 2 is 2.25 bits per heavy atom.